The van der Waals surface area contributed by atoms with Gasteiger partial charge in [0.25, 0.3) is 10.0 Å². The zero-order chi connectivity index (χ0) is 20.1. The average molecular weight is 399 g/mol. The van der Waals surface area contributed by atoms with Crippen LogP contribution < -0.4 is 4.72 Å². The van der Waals surface area contributed by atoms with Crippen LogP contribution in [-0.2, 0) is 10.0 Å². The van der Waals surface area contributed by atoms with Crippen LogP contribution in [0.5, 0.6) is 0 Å². The SMILES string of the molecule is O=C1c2ccccc2C(=O)c2cc(S(=O)(=O)Nc3ccc(F)cc3F)ccc21. The fourth-order valence-corrected chi connectivity index (χ4v) is 4.11. The van der Waals surface area contributed by atoms with Crippen LogP contribution in [0, 0.1) is 11.6 Å². The maximum Gasteiger partial charge on any atom is 0.262 e. The third-order valence-electron chi connectivity index (χ3n) is 4.38. The van der Waals surface area contributed by atoms with E-state index in [9.17, 15) is 26.8 Å². The Balaban J connectivity index is 1.76. The maximum atomic E-state index is 13.8. The van der Waals surface area contributed by atoms with Crippen molar-refractivity contribution >= 4 is 27.3 Å². The standard InChI is InChI=1S/C20H11F2NO4S/c21-11-5-8-18(17(22)9-11)23-28(26,27)12-6-7-15-16(10-12)20(25)14-4-2-1-3-13(14)19(15)24/h1-10,23H. The predicted octanol–water partition coefficient (Wildman–Crippen LogP) is 3.54. The van der Waals surface area contributed by atoms with E-state index < -0.39 is 33.1 Å². The number of carbonyl (C=O) groups excluding carboxylic acids is 2. The summed E-state index contributed by atoms with van der Waals surface area (Å²) >= 11 is 0. The molecule has 0 spiro atoms. The zero-order valence-electron chi connectivity index (χ0n) is 14.1. The molecular formula is C20H11F2NO4S. The average Bonchev–Trinajstić information content (AvgIpc) is 2.68. The molecule has 0 atom stereocenters. The Morgan fingerprint density at radius 1 is 0.714 bits per heavy atom. The van der Waals surface area contributed by atoms with E-state index in [1.54, 1.807) is 12.1 Å². The highest BCUT2D eigenvalue weighted by atomic mass is 32.2. The highest BCUT2D eigenvalue weighted by Crippen LogP contribution is 2.29. The number of rotatable bonds is 3. The van der Waals surface area contributed by atoms with Crippen LogP contribution in [0.4, 0.5) is 14.5 Å². The molecule has 8 heteroatoms. The molecule has 1 aliphatic carbocycles. The highest BCUT2D eigenvalue weighted by Gasteiger charge is 2.31. The van der Waals surface area contributed by atoms with E-state index in [1.807, 2.05) is 4.72 Å². The van der Waals surface area contributed by atoms with Gasteiger partial charge in [-0.05, 0) is 30.3 Å². The van der Waals surface area contributed by atoms with E-state index in [4.69, 9.17) is 0 Å². The third kappa shape index (κ3) is 2.87. The summed E-state index contributed by atoms with van der Waals surface area (Å²) in [7, 11) is -4.28. The summed E-state index contributed by atoms with van der Waals surface area (Å²) < 4.78 is 54.0. The molecule has 4 rings (SSSR count). The Labute approximate surface area is 158 Å². The Kier molecular flexibility index (Phi) is 4.08. The van der Waals surface area contributed by atoms with Crippen LogP contribution in [0.3, 0.4) is 0 Å². The topological polar surface area (TPSA) is 80.3 Å². The molecule has 28 heavy (non-hydrogen) atoms. The van der Waals surface area contributed by atoms with E-state index >= 15 is 0 Å². The second-order valence-corrected chi connectivity index (χ2v) is 7.82. The smallest absolute Gasteiger partial charge is 0.262 e. The molecule has 0 fully saturated rings. The van der Waals surface area contributed by atoms with Gasteiger partial charge in [-0.2, -0.15) is 0 Å². The first kappa shape index (κ1) is 18.0. The van der Waals surface area contributed by atoms with Crippen molar-refractivity contribution < 1.29 is 26.8 Å². The lowest BCUT2D eigenvalue weighted by molar-refractivity contribution is 0.0979. The van der Waals surface area contributed by atoms with Gasteiger partial charge in [-0.3, -0.25) is 14.3 Å². The molecule has 0 bridgehead atoms. The number of nitrogens with one attached hydrogen (secondary N) is 1. The van der Waals surface area contributed by atoms with Crippen molar-refractivity contribution in [1.82, 2.24) is 0 Å². The van der Waals surface area contributed by atoms with E-state index in [0.29, 0.717) is 6.07 Å². The van der Waals surface area contributed by atoms with Crippen molar-refractivity contribution in [2.45, 2.75) is 4.90 Å². The molecule has 0 aromatic heterocycles. The second kappa shape index (κ2) is 6.35. The fourth-order valence-electron chi connectivity index (χ4n) is 3.02. The molecule has 0 saturated heterocycles. The van der Waals surface area contributed by atoms with Crippen LogP contribution in [0.1, 0.15) is 31.8 Å². The van der Waals surface area contributed by atoms with Gasteiger partial charge in [0.2, 0.25) is 0 Å². The number of carbonyl (C=O) groups is 2. The van der Waals surface area contributed by atoms with Crippen molar-refractivity contribution in [3.8, 4) is 0 Å². The largest absolute Gasteiger partial charge is 0.289 e. The van der Waals surface area contributed by atoms with Crippen molar-refractivity contribution in [2.75, 3.05) is 4.72 Å². The van der Waals surface area contributed by atoms with Gasteiger partial charge in [0.1, 0.15) is 11.6 Å². The number of fused-ring (bicyclic) bond motifs is 2. The Hall–Kier alpha value is -3.39. The van der Waals surface area contributed by atoms with Crippen LogP contribution in [0.25, 0.3) is 0 Å². The molecule has 0 saturated carbocycles. The maximum absolute atomic E-state index is 13.8. The van der Waals surface area contributed by atoms with Crippen LogP contribution in [0.2, 0.25) is 0 Å². The summed E-state index contributed by atoms with van der Waals surface area (Å²) in [5, 5.41) is 0. The monoisotopic (exact) mass is 399 g/mol. The molecule has 3 aromatic carbocycles. The minimum atomic E-state index is -4.28. The van der Waals surface area contributed by atoms with Crippen LogP contribution >= 0.6 is 0 Å². The number of hydrogen-bond acceptors (Lipinski definition) is 4. The minimum absolute atomic E-state index is 0.0499. The number of halogens is 2. The van der Waals surface area contributed by atoms with Gasteiger partial charge in [-0.1, -0.05) is 24.3 Å². The van der Waals surface area contributed by atoms with Gasteiger partial charge in [0, 0.05) is 28.3 Å². The second-order valence-electron chi connectivity index (χ2n) is 6.14. The number of benzene rings is 3. The molecule has 3 aromatic rings. The third-order valence-corrected chi connectivity index (χ3v) is 5.75. The normalized spacial score (nSPS) is 13.1. The van der Waals surface area contributed by atoms with Gasteiger partial charge in [-0.25, -0.2) is 17.2 Å². The van der Waals surface area contributed by atoms with Crippen LogP contribution in [0.15, 0.2) is 65.6 Å². The molecule has 5 nitrogen and oxygen atoms in total. The molecular weight excluding hydrogens is 388 g/mol. The summed E-state index contributed by atoms with van der Waals surface area (Å²) in [5.74, 6) is -2.79. The highest BCUT2D eigenvalue weighted by molar-refractivity contribution is 7.92. The lowest BCUT2D eigenvalue weighted by Gasteiger charge is -2.18. The number of hydrogen-bond donors (Lipinski definition) is 1. The lowest BCUT2D eigenvalue weighted by atomic mass is 9.84. The Bertz CT molecular complexity index is 1270. The van der Waals surface area contributed by atoms with E-state index in [0.717, 1.165) is 24.3 Å². The molecule has 0 radical (unpaired) electrons. The summed E-state index contributed by atoms with van der Waals surface area (Å²) in [4.78, 5) is 25.0. The summed E-state index contributed by atoms with van der Waals surface area (Å²) in [6, 6.07) is 12.2. The van der Waals surface area contributed by atoms with Gasteiger partial charge >= 0.3 is 0 Å². The number of sulfonamides is 1. The van der Waals surface area contributed by atoms with Crippen molar-refractivity contribution in [2.24, 2.45) is 0 Å². The van der Waals surface area contributed by atoms with Crippen LogP contribution in [-0.4, -0.2) is 20.0 Å². The first-order chi connectivity index (χ1) is 13.3. The Morgan fingerprint density at radius 3 is 1.96 bits per heavy atom. The molecule has 1 aliphatic rings. The summed E-state index contributed by atoms with van der Waals surface area (Å²) in [6.45, 7) is 0. The quantitative estimate of drug-likeness (QED) is 0.571. The molecule has 0 unspecified atom stereocenters. The van der Waals surface area contributed by atoms with Gasteiger partial charge in [0.05, 0.1) is 10.6 Å². The lowest BCUT2D eigenvalue weighted by Crippen LogP contribution is -2.22. The first-order valence-electron chi connectivity index (χ1n) is 8.08. The minimum Gasteiger partial charge on any atom is -0.289 e. The van der Waals surface area contributed by atoms with E-state index in [1.165, 1.54) is 18.2 Å². The van der Waals surface area contributed by atoms with Crippen molar-refractivity contribution in [3.63, 3.8) is 0 Å². The summed E-state index contributed by atoms with van der Waals surface area (Å²) in [6.07, 6.45) is 0. The van der Waals surface area contributed by atoms with Gasteiger partial charge in [0.15, 0.2) is 11.6 Å². The van der Waals surface area contributed by atoms with Crippen molar-refractivity contribution in [1.29, 1.82) is 0 Å². The van der Waals surface area contributed by atoms with E-state index in [-0.39, 0.29) is 32.9 Å². The fraction of sp³-hybridized carbons (Fsp3) is 0. The van der Waals surface area contributed by atoms with Crippen molar-refractivity contribution in [3.05, 3.63) is 94.6 Å². The molecule has 140 valence electrons. The number of ketones is 2. The molecule has 1 N–H and O–H groups in total. The molecule has 0 amide bonds. The molecule has 0 heterocycles. The number of anilines is 1. The first-order valence-corrected chi connectivity index (χ1v) is 9.56. The zero-order valence-corrected chi connectivity index (χ0v) is 14.9. The van der Waals surface area contributed by atoms with Gasteiger partial charge in [-0.15, -0.1) is 0 Å². The summed E-state index contributed by atoms with van der Waals surface area (Å²) in [5.41, 5.74) is 0.0443. The predicted molar refractivity (Wildman–Crippen MR) is 96.9 cm³/mol. The van der Waals surface area contributed by atoms with E-state index in [2.05, 4.69) is 0 Å². The molecule has 0 aliphatic heterocycles. The van der Waals surface area contributed by atoms with Gasteiger partial charge < -0.3 is 0 Å². The Morgan fingerprint density at radius 2 is 1.32 bits per heavy atom.